The molecule has 0 saturated heterocycles. The van der Waals surface area contributed by atoms with Gasteiger partial charge in [0.25, 0.3) is 0 Å². The third kappa shape index (κ3) is 3.41. The molecule has 23 heavy (non-hydrogen) atoms. The van der Waals surface area contributed by atoms with E-state index in [1.807, 2.05) is 55.5 Å². The first-order valence-electron chi connectivity index (χ1n) is 7.41. The third-order valence-electron chi connectivity index (χ3n) is 3.79. The molecule has 0 fully saturated rings. The minimum atomic E-state index is -0.791. The summed E-state index contributed by atoms with van der Waals surface area (Å²) in [5, 5.41) is 11.2. The van der Waals surface area contributed by atoms with E-state index in [-0.39, 0.29) is 12.3 Å². The highest BCUT2D eigenvalue weighted by atomic mass is 32.1. The Hall–Kier alpha value is -2.24. The molecule has 3 aromatic rings. The Bertz CT molecular complexity index is 829. The summed E-state index contributed by atoms with van der Waals surface area (Å²) >= 11 is 1.61. The molecule has 1 amide bonds. The zero-order chi connectivity index (χ0) is 16.4. The minimum Gasteiger partial charge on any atom is -0.388 e. The number of rotatable bonds is 4. The number of aryl methyl sites for hydroxylation is 1. The number of fused-ring (bicyclic) bond motifs is 1. The van der Waals surface area contributed by atoms with Crippen LogP contribution in [0.15, 0.2) is 48.5 Å². The fraction of sp³-hybridized carbons (Fsp3) is 0.222. The van der Waals surface area contributed by atoms with Gasteiger partial charge in [0, 0.05) is 12.7 Å². The third-order valence-corrected chi connectivity index (χ3v) is 4.73. The number of thiazole rings is 1. The van der Waals surface area contributed by atoms with Crippen LogP contribution in [0.1, 0.15) is 23.1 Å². The number of nitrogens with zero attached hydrogens (tertiary/aromatic N) is 2. The van der Waals surface area contributed by atoms with Crippen LogP contribution in [0.5, 0.6) is 0 Å². The van der Waals surface area contributed by atoms with Crippen LogP contribution in [0.3, 0.4) is 0 Å². The molecule has 3 rings (SSSR count). The minimum absolute atomic E-state index is 0.0558. The second kappa shape index (κ2) is 6.48. The topological polar surface area (TPSA) is 53.4 Å². The Morgan fingerprint density at radius 1 is 1.26 bits per heavy atom. The van der Waals surface area contributed by atoms with Crippen molar-refractivity contribution in [3.05, 3.63) is 59.1 Å². The van der Waals surface area contributed by atoms with Crippen LogP contribution in [0.25, 0.3) is 10.2 Å². The molecule has 0 aliphatic rings. The van der Waals surface area contributed by atoms with Crippen LogP contribution < -0.4 is 4.90 Å². The molecule has 0 aliphatic carbocycles. The molecule has 2 aromatic carbocycles. The van der Waals surface area contributed by atoms with Crippen molar-refractivity contribution >= 4 is 33.1 Å². The maximum Gasteiger partial charge on any atom is 0.229 e. The number of aliphatic hydroxyl groups is 1. The molecule has 0 saturated carbocycles. The second-order valence-electron chi connectivity index (χ2n) is 5.47. The molecule has 1 atom stereocenters. The normalized spacial score (nSPS) is 12.3. The highest BCUT2D eigenvalue weighted by Crippen LogP contribution is 2.27. The summed E-state index contributed by atoms with van der Waals surface area (Å²) in [5.74, 6) is -0.123. The molecule has 0 radical (unpaired) electrons. The Kier molecular flexibility index (Phi) is 4.41. The van der Waals surface area contributed by atoms with Gasteiger partial charge in [-0.25, -0.2) is 4.98 Å². The van der Waals surface area contributed by atoms with Crippen molar-refractivity contribution < 1.29 is 9.90 Å². The molecule has 0 bridgehead atoms. The molecule has 1 N–H and O–H groups in total. The van der Waals surface area contributed by atoms with Crippen LogP contribution in [0, 0.1) is 6.92 Å². The first kappa shape index (κ1) is 15.6. The number of carbonyl (C=O) groups excluding carboxylic acids is 1. The number of aliphatic hydroxyl groups excluding tert-OH is 1. The van der Waals surface area contributed by atoms with E-state index in [2.05, 4.69) is 4.98 Å². The number of hydrogen-bond acceptors (Lipinski definition) is 4. The van der Waals surface area contributed by atoms with Gasteiger partial charge >= 0.3 is 0 Å². The summed E-state index contributed by atoms with van der Waals surface area (Å²) in [6.45, 7) is 1.97. The molecule has 0 aliphatic heterocycles. The first-order chi connectivity index (χ1) is 11.0. The molecule has 5 heteroatoms. The fourth-order valence-corrected chi connectivity index (χ4v) is 3.34. The van der Waals surface area contributed by atoms with Crippen LogP contribution in [-0.4, -0.2) is 23.0 Å². The van der Waals surface area contributed by atoms with Crippen molar-refractivity contribution in [1.82, 2.24) is 4.98 Å². The predicted molar refractivity (Wildman–Crippen MR) is 93.8 cm³/mol. The number of benzene rings is 2. The lowest BCUT2D eigenvalue weighted by molar-refractivity contribution is -0.120. The second-order valence-corrected chi connectivity index (χ2v) is 6.70. The van der Waals surface area contributed by atoms with Crippen molar-refractivity contribution in [3.8, 4) is 0 Å². The van der Waals surface area contributed by atoms with Gasteiger partial charge in [-0.1, -0.05) is 30.3 Å². The fourth-order valence-electron chi connectivity index (χ4n) is 2.48. The Morgan fingerprint density at radius 3 is 2.74 bits per heavy atom. The van der Waals surface area contributed by atoms with E-state index in [1.165, 1.54) is 0 Å². The average Bonchev–Trinajstić information content (AvgIpc) is 2.93. The number of hydrogen-bond donors (Lipinski definition) is 1. The number of carbonyl (C=O) groups is 1. The number of anilines is 1. The monoisotopic (exact) mass is 326 g/mol. The highest BCUT2D eigenvalue weighted by Gasteiger charge is 2.17. The molecule has 1 aromatic heterocycles. The highest BCUT2D eigenvalue weighted by molar-refractivity contribution is 7.18. The summed E-state index contributed by atoms with van der Waals surface area (Å²) in [6, 6.07) is 15.0. The maximum atomic E-state index is 12.4. The van der Waals surface area contributed by atoms with Gasteiger partial charge in [0.15, 0.2) is 0 Å². The molecule has 1 heterocycles. The molecule has 1 unspecified atom stereocenters. The average molecular weight is 326 g/mol. The Morgan fingerprint density at radius 2 is 2.00 bits per heavy atom. The summed E-state index contributed by atoms with van der Waals surface area (Å²) in [7, 11) is 1.73. The van der Waals surface area contributed by atoms with Crippen LogP contribution >= 0.6 is 11.3 Å². The van der Waals surface area contributed by atoms with Crippen LogP contribution in [0.4, 0.5) is 5.69 Å². The number of aromatic nitrogens is 1. The summed E-state index contributed by atoms with van der Waals surface area (Å²) in [6.07, 6.45) is -0.735. The quantitative estimate of drug-likeness (QED) is 0.795. The summed E-state index contributed by atoms with van der Waals surface area (Å²) < 4.78 is 1.06. The van der Waals surface area contributed by atoms with Gasteiger partial charge in [-0.15, -0.1) is 11.3 Å². The first-order valence-corrected chi connectivity index (χ1v) is 8.23. The lowest BCUT2D eigenvalue weighted by Gasteiger charge is -2.19. The van der Waals surface area contributed by atoms with Crippen molar-refractivity contribution in [1.29, 1.82) is 0 Å². The largest absolute Gasteiger partial charge is 0.388 e. The van der Waals surface area contributed by atoms with Gasteiger partial charge in [-0.05, 0) is 30.7 Å². The van der Waals surface area contributed by atoms with E-state index in [0.29, 0.717) is 0 Å². The van der Waals surface area contributed by atoms with Gasteiger partial charge in [0.1, 0.15) is 0 Å². The van der Waals surface area contributed by atoms with E-state index in [9.17, 15) is 9.90 Å². The van der Waals surface area contributed by atoms with Crippen LogP contribution in [0.2, 0.25) is 0 Å². The summed E-state index contributed by atoms with van der Waals surface area (Å²) in [5.41, 5.74) is 2.51. The Labute approximate surface area is 139 Å². The summed E-state index contributed by atoms with van der Waals surface area (Å²) in [4.78, 5) is 18.4. The zero-order valence-electron chi connectivity index (χ0n) is 13.1. The van der Waals surface area contributed by atoms with E-state index < -0.39 is 6.10 Å². The van der Waals surface area contributed by atoms with Crippen LogP contribution in [-0.2, 0) is 4.79 Å². The van der Waals surface area contributed by atoms with E-state index in [1.54, 1.807) is 23.3 Å². The van der Waals surface area contributed by atoms with Crippen molar-refractivity contribution in [2.24, 2.45) is 0 Å². The smallest absolute Gasteiger partial charge is 0.229 e. The van der Waals surface area contributed by atoms with Gasteiger partial charge in [0.05, 0.1) is 27.7 Å². The predicted octanol–water partition coefficient (Wildman–Crippen LogP) is 3.69. The molecular weight excluding hydrogens is 308 g/mol. The van der Waals surface area contributed by atoms with Crippen molar-refractivity contribution in [3.63, 3.8) is 0 Å². The SMILES string of the molecule is Cc1nc2ccc(N(C)C(=O)CC(O)c3ccccc3)cc2s1. The lowest BCUT2D eigenvalue weighted by Crippen LogP contribution is -2.27. The van der Waals surface area contributed by atoms with E-state index in [0.717, 1.165) is 26.5 Å². The van der Waals surface area contributed by atoms with Gasteiger partial charge < -0.3 is 10.0 Å². The van der Waals surface area contributed by atoms with Gasteiger partial charge in [0.2, 0.25) is 5.91 Å². The Balaban J connectivity index is 1.75. The van der Waals surface area contributed by atoms with E-state index >= 15 is 0 Å². The molecular formula is C18H18N2O2S. The molecule has 0 spiro atoms. The maximum absolute atomic E-state index is 12.4. The standard InChI is InChI=1S/C18H18N2O2S/c1-12-19-15-9-8-14(10-17(15)23-12)20(2)18(22)11-16(21)13-6-4-3-5-7-13/h3-10,16,21H,11H2,1-2H3. The van der Waals surface area contributed by atoms with Crippen molar-refractivity contribution in [2.45, 2.75) is 19.4 Å². The zero-order valence-corrected chi connectivity index (χ0v) is 13.9. The molecule has 118 valence electrons. The van der Waals surface area contributed by atoms with Gasteiger partial charge in [-0.2, -0.15) is 0 Å². The molecule has 4 nitrogen and oxygen atoms in total. The number of amides is 1. The lowest BCUT2D eigenvalue weighted by atomic mass is 10.1. The van der Waals surface area contributed by atoms with Gasteiger partial charge in [-0.3, -0.25) is 4.79 Å². The van der Waals surface area contributed by atoms with Crippen molar-refractivity contribution in [2.75, 3.05) is 11.9 Å². The van der Waals surface area contributed by atoms with E-state index in [4.69, 9.17) is 0 Å².